The second kappa shape index (κ2) is 7.88. The first-order valence-corrected chi connectivity index (χ1v) is 18.0. The van der Waals surface area contributed by atoms with Gasteiger partial charge in [0.15, 0.2) is 12.5 Å². The molecule has 5 nitrogen and oxygen atoms in total. The average molecular weight is 465 g/mol. The van der Waals surface area contributed by atoms with Crippen LogP contribution in [0, 0.1) is 0 Å². The summed E-state index contributed by atoms with van der Waals surface area (Å²) < 4.78 is 35.6. The number of nitrogens with zero attached hydrogens (tertiary/aromatic N) is 1. The van der Waals surface area contributed by atoms with Crippen LogP contribution in [0.5, 0.6) is 0 Å². The van der Waals surface area contributed by atoms with Gasteiger partial charge in [0.25, 0.3) is 0 Å². The molecule has 1 aromatic rings. The molecule has 0 saturated heterocycles. The molecule has 1 rings (SSSR count). The number of nitrogens with one attached hydrogen (secondary N) is 1. The third-order valence-corrected chi connectivity index (χ3v) is 20.2. The lowest BCUT2D eigenvalue weighted by Crippen LogP contribution is -2.54. The van der Waals surface area contributed by atoms with Crippen molar-refractivity contribution in [3.05, 3.63) is 11.2 Å². The molecule has 0 aliphatic carbocycles. The molecule has 0 saturated carbocycles. The number of hydrogen-bond donors (Lipinski definition) is 1. The van der Waals surface area contributed by atoms with Crippen LogP contribution in [0.15, 0.2) is 10.4 Å². The van der Waals surface area contributed by atoms with E-state index in [9.17, 15) is 8.42 Å². The summed E-state index contributed by atoms with van der Waals surface area (Å²) in [7, 11) is -7.65. The molecule has 164 valence electrons. The Morgan fingerprint density at radius 1 is 1.00 bits per heavy atom. The summed E-state index contributed by atoms with van der Waals surface area (Å²) >= 11 is 1.25. The Bertz CT molecular complexity index is 787. The van der Waals surface area contributed by atoms with Gasteiger partial charge in [-0.15, -0.1) is 11.3 Å². The van der Waals surface area contributed by atoms with E-state index < -0.39 is 26.6 Å². The van der Waals surface area contributed by atoms with Gasteiger partial charge in [-0.25, -0.2) is 17.8 Å². The van der Waals surface area contributed by atoms with Crippen LogP contribution in [0.4, 0.5) is 0 Å². The average Bonchev–Trinajstić information content (AvgIpc) is 2.93. The highest BCUT2D eigenvalue weighted by molar-refractivity contribution is 7.93. The van der Waals surface area contributed by atoms with Crippen molar-refractivity contribution in [3.8, 4) is 0 Å². The fourth-order valence-electron chi connectivity index (χ4n) is 1.87. The second-order valence-corrected chi connectivity index (χ2v) is 24.5. The molecule has 1 heterocycles. The van der Waals surface area contributed by atoms with Gasteiger partial charge < -0.3 is 4.43 Å². The number of sulfonamides is 1. The van der Waals surface area contributed by atoms with E-state index in [1.165, 1.54) is 17.5 Å². The molecule has 1 aromatic heterocycles. The Labute approximate surface area is 179 Å². The Kier molecular flexibility index (Phi) is 7.31. The topological polar surface area (TPSA) is 68.3 Å². The highest BCUT2D eigenvalue weighted by atomic mass is 32.2. The molecule has 0 fully saturated rings. The zero-order valence-corrected chi connectivity index (χ0v) is 23.4. The molecule has 0 aliphatic heterocycles. The Morgan fingerprint density at radius 3 is 1.93 bits per heavy atom. The van der Waals surface area contributed by atoms with Crippen LogP contribution in [-0.4, -0.2) is 36.6 Å². The van der Waals surface area contributed by atoms with Crippen molar-refractivity contribution < 1.29 is 12.8 Å². The van der Waals surface area contributed by atoms with E-state index in [1.807, 2.05) is 13.1 Å². The number of aromatic nitrogens is 1. The number of rotatable bonds is 7. The second-order valence-electron chi connectivity index (χ2n) is 11.4. The predicted molar refractivity (Wildman–Crippen MR) is 126 cm³/mol. The van der Waals surface area contributed by atoms with Crippen molar-refractivity contribution in [2.24, 2.45) is 0 Å². The molecule has 0 amide bonds. The van der Waals surface area contributed by atoms with Crippen LogP contribution in [0.3, 0.4) is 0 Å². The molecule has 0 aromatic carbocycles. The van der Waals surface area contributed by atoms with E-state index >= 15 is 0 Å². The summed E-state index contributed by atoms with van der Waals surface area (Å²) in [5.74, 6) is 0. The Morgan fingerprint density at radius 2 is 1.50 bits per heavy atom. The Balaban J connectivity index is 3.04. The molecular weight excluding hydrogens is 425 g/mol. The van der Waals surface area contributed by atoms with Crippen molar-refractivity contribution in [2.75, 3.05) is 6.61 Å². The zero-order valence-electron chi connectivity index (χ0n) is 19.8. The molecule has 0 aliphatic rings. The fourth-order valence-corrected chi connectivity index (χ4v) is 9.32. The number of thiazole rings is 1. The summed E-state index contributed by atoms with van der Waals surface area (Å²) in [6.07, 6.45) is 1.49. The van der Waals surface area contributed by atoms with Crippen molar-refractivity contribution in [1.82, 2.24) is 9.37 Å². The first-order chi connectivity index (χ1) is 12.1. The summed E-state index contributed by atoms with van der Waals surface area (Å²) in [5, 5.41) is 0.846. The molecule has 1 N–H and O–H groups in total. The molecule has 0 radical (unpaired) electrons. The minimum absolute atomic E-state index is 0.0795. The summed E-state index contributed by atoms with van der Waals surface area (Å²) in [4.78, 5) is 4.46. The van der Waals surface area contributed by atoms with Gasteiger partial charge in [-0.1, -0.05) is 68.5 Å². The van der Waals surface area contributed by atoms with Crippen LogP contribution in [0.1, 0.15) is 60.4 Å². The molecule has 0 bridgehead atoms. The van der Waals surface area contributed by atoms with Crippen molar-refractivity contribution in [1.29, 1.82) is 0 Å². The quantitative estimate of drug-likeness (QED) is 0.523. The monoisotopic (exact) mass is 464 g/mol. The lowest BCUT2D eigenvalue weighted by molar-refractivity contribution is 0.220. The van der Waals surface area contributed by atoms with Gasteiger partial charge in [-0.05, 0) is 23.2 Å². The highest BCUT2D eigenvalue weighted by Gasteiger charge is 2.41. The van der Waals surface area contributed by atoms with E-state index in [4.69, 9.17) is 4.43 Å². The normalized spacial score (nSPS) is 15.1. The molecule has 0 spiro atoms. The zero-order chi connectivity index (χ0) is 22.4. The summed E-state index contributed by atoms with van der Waals surface area (Å²) in [6.45, 7) is 26.1. The number of hydrogen-bond acceptors (Lipinski definition) is 5. The van der Waals surface area contributed by atoms with Crippen LogP contribution in [-0.2, 0) is 19.9 Å². The SMILES string of the molecule is CC(C)(CO[Si](C)(C)C(C)(C)C)c1ncc(S(=O)(=O)N[Si](C)(C)C(C)(C)C)s1. The predicted octanol–water partition coefficient (Wildman–Crippen LogP) is 5.73. The standard InChI is InChI=1S/C19H40N2O3S2Si2/c1-17(2,3)27(9,10)21-26(22,23)15-13-20-16(25-15)19(7,8)14-24-28(11,12)18(4,5)6/h13,21H,14H2,1-12H3. The maximum atomic E-state index is 13.0. The fraction of sp³-hybridized carbons (Fsp3) is 0.842. The van der Waals surface area contributed by atoms with Gasteiger partial charge in [-0.3, -0.25) is 0 Å². The van der Waals surface area contributed by atoms with E-state index in [0.29, 0.717) is 6.61 Å². The van der Waals surface area contributed by atoms with Crippen molar-refractivity contribution >= 4 is 37.9 Å². The summed E-state index contributed by atoms with van der Waals surface area (Å²) in [6, 6.07) is 0. The van der Waals surface area contributed by atoms with Gasteiger partial charge in [0.2, 0.25) is 10.0 Å². The molecule has 0 unspecified atom stereocenters. The highest BCUT2D eigenvalue weighted by Crippen LogP contribution is 2.39. The minimum Gasteiger partial charge on any atom is -0.416 e. The van der Waals surface area contributed by atoms with Crippen LogP contribution in [0.2, 0.25) is 36.3 Å². The van der Waals surface area contributed by atoms with E-state index in [0.717, 1.165) is 5.01 Å². The smallest absolute Gasteiger partial charge is 0.245 e. The third kappa shape index (κ3) is 5.98. The molecule has 9 heteroatoms. The van der Waals surface area contributed by atoms with Crippen molar-refractivity contribution in [2.45, 2.75) is 101 Å². The van der Waals surface area contributed by atoms with Gasteiger partial charge in [0.05, 0.1) is 6.20 Å². The maximum Gasteiger partial charge on any atom is 0.245 e. The van der Waals surface area contributed by atoms with Crippen LogP contribution in [0.25, 0.3) is 0 Å². The largest absolute Gasteiger partial charge is 0.416 e. The summed E-state index contributed by atoms with van der Waals surface area (Å²) in [5.41, 5.74) is -0.342. The molecule has 28 heavy (non-hydrogen) atoms. The molecule has 0 atom stereocenters. The lowest BCUT2D eigenvalue weighted by atomic mass is 9.96. The van der Waals surface area contributed by atoms with Crippen LogP contribution >= 0.6 is 11.3 Å². The maximum absolute atomic E-state index is 13.0. The first kappa shape index (κ1) is 26.0. The lowest BCUT2D eigenvalue weighted by Gasteiger charge is -2.38. The van der Waals surface area contributed by atoms with Crippen LogP contribution < -0.4 is 4.39 Å². The van der Waals surface area contributed by atoms with Gasteiger partial charge in [0, 0.05) is 12.0 Å². The van der Waals surface area contributed by atoms with E-state index in [2.05, 4.69) is 77.9 Å². The minimum atomic E-state index is -3.57. The van der Waals surface area contributed by atoms with Gasteiger partial charge >= 0.3 is 0 Å². The van der Waals surface area contributed by atoms with E-state index in [1.54, 1.807) is 0 Å². The van der Waals surface area contributed by atoms with E-state index in [-0.39, 0.29) is 19.7 Å². The van der Waals surface area contributed by atoms with Gasteiger partial charge in [-0.2, -0.15) is 0 Å². The van der Waals surface area contributed by atoms with Crippen molar-refractivity contribution in [3.63, 3.8) is 0 Å². The molecular formula is C19H40N2O3S2Si2. The first-order valence-electron chi connectivity index (χ1n) is 9.77. The third-order valence-electron chi connectivity index (χ3n) is 6.19. The Hall–Kier alpha value is -0.0662. The van der Waals surface area contributed by atoms with Gasteiger partial charge in [0.1, 0.15) is 13.2 Å².